The minimum absolute atomic E-state index is 0.0186. The highest BCUT2D eigenvalue weighted by atomic mass is 16.6. The van der Waals surface area contributed by atoms with Gasteiger partial charge in [0.05, 0.1) is 11.5 Å². The highest BCUT2D eigenvalue weighted by Crippen LogP contribution is 2.32. The predicted molar refractivity (Wildman–Crippen MR) is 140 cm³/mol. The Labute approximate surface area is 212 Å². The topological polar surface area (TPSA) is 102 Å². The van der Waals surface area contributed by atoms with Crippen LogP contribution in [0.5, 0.6) is 5.75 Å². The normalized spacial score (nSPS) is 14.3. The number of nitrogens with one attached hydrogen (secondary N) is 1. The van der Waals surface area contributed by atoms with Crippen molar-refractivity contribution in [1.29, 1.82) is 0 Å². The Hall–Kier alpha value is -4.98. The second kappa shape index (κ2) is 9.94. The summed E-state index contributed by atoms with van der Waals surface area (Å²) in [4.78, 5) is 37.7. The predicted octanol–water partition coefficient (Wildman–Crippen LogP) is 5.73. The molecule has 0 unspecified atom stereocenters. The number of hydrogen-bond acceptors (Lipinski definition) is 5. The van der Waals surface area contributed by atoms with E-state index in [-0.39, 0.29) is 24.5 Å². The first-order valence-corrected chi connectivity index (χ1v) is 11.7. The molecule has 3 amide bonds. The number of hydrogen-bond donors (Lipinski definition) is 1. The molecule has 5 rings (SSSR count). The average molecular weight is 494 g/mol. The average Bonchev–Trinajstić information content (AvgIpc) is 3.15. The summed E-state index contributed by atoms with van der Waals surface area (Å²) >= 11 is 0. The van der Waals surface area contributed by atoms with Crippen LogP contribution >= 0.6 is 0 Å². The molecule has 37 heavy (non-hydrogen) atoms. The number of urea groups is 1. The zero-order chi connectivity index (χ0) is 25.9. The lowest BCUT2D eigenvalue weighted by Crippen LogP contribution is -2.30. The molecule has 1 heterocycles. The molecule has 184 valence electrons. The van der Waals surface area contributed by atoms with E-state index in [1.807, 2.05) is 61.5 Å². The van der Waals surface area contributed by atoms with Crippen molar-refractivity contribution in [2.45, 2.75) is 20.1 Å². The first kappa shape index (κ1) is 23.7. The number of non-ortho nitro benzene ring substituents is 1. The van der Waals surface area contributed by atoms with E-state index in [0.29, 0.717) is 16.9 Å². The van der Waals surface area contributed by atoms with Crippen LogP contribution in [-0.2, 0) is 17.9 Å². The van der Waals surface area contributed by atoms with Crippen LogP contribution < -0.4 is 10.1 Å². The van der Waals surface area contributed by atoms with E-state index in [2.05, 4.69) is 5.32 Å². The van der Waals surface area contributed by atoms with Gasteiger partial charge in [0.1, 0.15) is 18.1 Å². The van der Waals surface area contributed by atoms with Gasteiger partial charge in [-0.1, -0.05) is 72.3 Å². The molecule has 0 aromatic heterocycles. The minimum Gasteiger partial charge on any atom is -0.488 e. The maximum Gasteiger partial charge on any atom is 0.329 e. The van der Waals surface area contributed by atoms with E-state index in [1.54, 1.807) is 24.3 Å². The lowest BCUT2D eigenvalue weighted by Gasteiger charge is -2.13. The highest BCUT2D eigenvalue weighted by molar-refractivity contribution is 6.14. The van der Waals surface area contributed by atoms with Gasteiger partial charge in [0.25, 0.3) is 11.6 Å². The van der Waals surface area contributed by atoms with Crippen molar-refractivity contribution in [3.05, 3.63) is 123 Å². The number of nitrogens with zero attached hydrogens (tertiary/aromatic N) is 2. The van der Waals surface area contributed by atoms with Crippen LogP contribution in [0.15, 0.2) is 90.6 Å². The Kier molecular flexibility index (Phi) is 6.38. The number of amides is 3. The number of fused-ring (bicyclic) bond motifs is 1. The van der Waals surface area contributed by atoms with Crippen molar-refractivity contribution >= 4 is 34.5 Å². The molecule has 1 fully saturated rings. The molecule has 4 aromatic rings. The number of ether oxygens (including phenoxy) is 1. The van der Waals surface area contributed by atoms with Gasteiger partial charge < -0.3 is 10.1 Å². The van der Waals surface area contributed by atoms with E-state index in [9.17, 15) is 19.7 Å². The van der Waals surface area contributed by atoms with Crippen molar-refractivity contribution < 1.29 is 19.2 Å². The number of nitro groups is 1. The van der Waals surface area contributed by atoms with E-state index >= 15 is 0 Å². The standard InChI is InChI=1S/C29H23N3O5/c1-19-6-4-7-20(14-19)17-31-28(33)26(30-29(31)34)16-25-24-11-3-2-9-22(24)12-13-27(25)37-18-21-8-5-10-23(15-21)32(35)36/h2-16H,17-18H2,1H3,(H,30,34)/b26-16+. The molecule has 1 aliphatic rings. The third kappa shape index (κ3) is 5.04. The zero-order valence-corrected chi connectivity index (χ0v) is 20.0. The number of carbonyl (C=O) groups excluding carboxylic acids is 2. The molecule has 1 aliphatic heterocycles. The Morgan fingerprint density at radius 1 is 0.946 bits per heavy atom. The third-order valence-electron chi connectivity index (χ3n) is 6.12. The van der Waals surface area contributed by atoms with Gasteiger partial charge in [-0.3, -0.25) is 19.8 Å². The molecule has 1 N–H and O–H groups in total. The van der Waals surface area contributed by atoms with E-state index < -0.39 is 16.9 Å². The Bertz CT molecular complexity index is 1580. The molecule has 0 saturated carbocycles. The van der Waals surface area contributed by atoms with Gasteiger partial charge in [-0.15, -0.1) is 0 Å². The second-order valence-electron chi connectivity index (χ2n) is 8.78. The molecular weight excluding hydrogens is 470 g/mol. The van der Waals surface area contributed by atoms with Gasteiger partial charge >= 0.3 is 6.03 Å². The third-order valence-corrected chi connectivity index (χ3v) is 6.12. The van der Waals surface area contributed by atoms with Crippen molar-refractivity contribution in [3.8, 4) is 5.75 Å². The fourth-order valence-electron chi connectivity index (χ4n) is 4.32. The van der Waals surface area contributed by atoms with Crippen LogP contribution in [0.25, 0.3) is 16.8 Å². The van der Waals surface area contributed by atoms with Gasteiger partial charge in [0.15, 0.2) is 0 Å². The van der Waals surface area contributed by atoms with Gasteiger partial charge in [-0.05, 0) is 41.0 Å². The van der Waals surface area contributed by atoms with Crippen molar-refractivity contribution in [2.75, 3.05) is 0 Å². The van der Waals surface area contributed by atoms with Crippen LogP contribution in [0.3, 0.4) is 0 Å². The number of carbonyl (C=O) groups is 2. The van der Waals surface area contributed by atoms with Crippen LogP contribution in [-0.4, -0.2) is 21.8 Å². The largest absolute Gasteiger partial charge is 0.488 e. The summed E-state index contributed by atoms with van der Waals surface area (Å²) in [7, 11) is 0. The zero-order valence-electron chi connectivity index (χ0n) is 20.0. The molecule has 8 nitrogen and oxygen atoms in total. The number of rotatable bonds is 7. The van der Waals surface area contributed by atoms with Crippen LogP contribution in [0.2, 0.25) is 0 Å². The molecule has 1 saturated heterocycles. The Morgan fingerprint density at radius 3 is 2.54 bits per heavy atom. The van der Waals surface area contributed by atoms with Crippen molar-refractivity contribution in [2.24, 2.45) is 0 Å². The molecule has 0 aliphatic carbocycles. The van der Waals surface area contributed by atoms with E-state index in [4.69, 9.17) is 4.74 Å². The maximum absolute atomic E-state index is 13.2. The lowest BCUT2D eigenvalue weighted by atomic mass is 10.0. The molecule has 4 aromatic carbocycles. The monoisotopic (exact) mass is 493 g/mol. The number of nitro benzene ring substituents is 1. The molecule has 0 radical (unpaired) electrons. The van der Waals surface area contributed by atoms with E-state index in [1.165, 1.54) is 17.0 Å². The highest BCUT2D eigenvalue weighted by Gasteiger charge is 2.34. The molecular formula is C29H23N3O5. The van der Waals surface area contributed by atoms with Crippen molar-refractivity contribution in [1.82, 2.24) is 10.2 Å². The fraction of sp³-hybridized carbons (Fsp3) is 0.103. The van der Waals surface area contributed by atoms with Crippen LogP contribution in [0.4, 0.5) is 10.5 Å². The van der Waals surface area contributed by atoms with Gasteiger partial charge in [0.2, 0.25) is 0 Å². The first-order chi connectivity index (χ1) is 17.9. The summed E-state index contributed by atoms with van der Waals surface area (Å²) in [5.74, 6) is 0.0564. The van der Waals surface area contributed by atoms with Gasteiger partial charge in [-0.2, -0.15) is 0 Å². The summed E-state index contributed by atoms with van der Waals surface area (Å²) in [5, 5.41) is 15.6. The van der Waals surface area contributed by atoms with Gasteiger partial charge in [0, 0.05) is 17.7 Å². The summed E-state index contributed by atoms with van der Waals surface area (Å²) in [5.41, 5.74) is 3.29. The summed E-state index contributed by atoms with van der Waals surface area (Å²) < 4.78 is 6.07. The first-order valence-electron chi connectivity index (χ1n) is 11.7. The smallest absolute Gasteiger partial charge is 0.329 e. The SMILES string of the molecule is Cc1cccc(CN2C(=O)N/C(=C/c3c(OCc4cccc([N+](=O)[O-])c4)ccc4ccccc34)C2=O)c1. The van der Waals surface area contributed by atoms with Gasteiger partial charge in [-0.25, -0.2) is 4.79 Å². The second-order valence-corrected chi connectivity index (χ2v) is 8.78. The molecule has 0 atom stereocenters. The van der Waals surface area contributed by atoms with E-state index in [0.717, 1.165) is 21.9 Å². The maximum atomic E-state index is 13.2. The number of imide groups is 1. The number of aryl methyl sites for hydroxylation is 1. The summed E-state index contributed by atoms with van der Waals surface area (Å²) in [6.07, 6.45) is 1.63. The van der Waals surface area contributed by atoms with Crippen LogP contribution in [0.1, 0.15) is 22.3 Å². The number of benzene rings is 4. The summed E-state index contributed by atoms with van der Waals surface area (Å²) in [6.45, 7) is 2.21. The van der Waals surface area contributed by atoms with Crippen LogP contribution in [0, 0.1) is 17.0 Å². The quantitative estimate of drug-likeness (QED) is 0.153. The minimum atomic E-state index is -0.489. The summed E-state index contributed by atoms with van der Waals surface area (Å²) in [6, 6.07) is 24.7. The Balaban J connectivity index is 1.47. The lowest BCUT2D eigenvalue weighted by molar-refractivity contribution is -0.384. The fourth-order valence-corrected chi connectivity index (χ4v) is 4.32. The van der Waals surface area contributed by atoms with Crippen molar-refractivity contribution in [3.63, 3.8) is 0 Å². The molecule has 0 bridgehead atoms. The molecule has 0 spiro atoms. The molecule has 8 heteroatoms. The Morgan fingerprint density at radius 2 is 1.73 bits per heavy atom.